The quantitative estimate of drug-likeness (QED) is 0.481. The molecular weight excluding hydrogens is 232 g/mol. The number of rotatable bonds is 9. The maximum absolute atomic E-state index is 11.6. The van der Waals surface area contributed by atoms with E-state index in [9.17, 15) is 9.59 Å². The Morgan fingerprint density at radius 1 is 1.28 bits per heavy atom. The topological polar surface area (TPSA) is 81.4 Å². The average molecular weight is 258 g/mol. The maximum Gasteiger partial charge on any atom is 0.332 e. The summed E-state index contributed by atoms with van der Waals surface area (Å²) in [5, 5.41) is 2.72. The smallest absolute Gasteiger partial charge is 0.332 e. The fourth-order valence-electron chi connectivity index (χ4n) is 1.64. The highest BCUT2D eigenvalue weighted by Gasteiger charge is 2.23. The summed E-state index contributed by atoms with van der Waals surface area (Å²) in [6.07, 6.45) is 4.39. The van der Waals surface area contributed by atoms with Crippen LogP contribution in [0.5, 0.6) is 0 Å². The van der Waals surface area contributed by atoms with Crippen molar-refractivity contribution in [3.05, 3.63) is 0 Å². The second-order valence-corrected chi connectivity index (χ2v) is 4.39. The molecule has 0 saturated heterocycles. The summed E-state index contributed by atoms with van der Waals surface area (Å²) in [5.41, 5.74) is 5.49. The molecule has 0 aromatic rings. The van der Waals surface area contributed by atoms with Crippen LogP contribution in [0.1, 0.15) is 46.5 Å². The van der Waals surface area contributed by atoms with Gasteiger partial charge in [0.05, 0.1) is 6.61 Å². The zero-order valence-electron chi connectivity index (χ0n) is 11.7. The van der Waals surface area contributed by atoms with Crippen molar-refractivity contribution in [2.75, 3.05) is 13.2 Å². The lowest BCUT2D eigenvalue weighted by Crippen LogP contribution is -2.48. The van der Waals surface area contributed by atoms with Crippen LogP contribution >= 0.6 is 0 Å². The molecule has 2 atom stereocenters. The molecule has 5 heteroatoms. The molecule has 0 radical (unpaired) electrons. The van der Waals surface area contributed by atoms with Gasteiger partial charge in [-0.25, -0.2) is 4.79 Å². The van der Waals surface area contributed by atoms with Crippen molar-refractivity contribution in [2.45, 2.75) is 52.5 Å². The third-order valence-corrected chi connectivity index (χ3v) is 2.93. The molecule has 0 aromatic heterocycles. The number of hydrogen-bond acceptors (Lipinski definition) is 4. The second kappa shape index (κ2) is 9.88. The van der Waals surface area contributed by atoms with Crippen LogP contribution in [0.15, 0.2) is 0 Å². The van der Waals surface area contributed by atoms with Gasteiger partial charge in [0.2, 0.25) is 5.91 Å². The molecule has 18 heavy (non-hydrogen) atoms. The first kappa shape index (κ1) is 16.9. The molecule has 0 bridgehead atoms. The molecule has 1 amide bonds. The number of nitrogens with one attached hydrogen (secondary N) is 1. The van der Waals surface area contributed by atoms with Crippen LogP contribution in [0.3, 0.4) is 0 Å². The number of carbonyl (C=O) groups excluding carboxylic acids is 2. The Labute approximate surface area is 109 Å². The number of amides is 1. The summed E-state index contributed by atoms with van der Waals surface area (Å²) in [5.74, 6) is -0.677. The van der Waals surface area contributed by atoms with E-state index in [-0.39, 0.29) is 6.61 Å². The minimum Gasteiger partial charge on any atom is -0.464 e. The summed E-state index contributed by atoms with van der Waals surface area (Å²) in [7, 11) is 0. The van der Waals surface area contributed by atoms with Gasteiger partial charge in [0, 0.05) is 6.54 Å². The Kier molecular flexibility index (Phi) is 9.28. The summed E-state index contributed by atoms with van der Waals surface area (Å²) < 4.78 is 4.70. The molecule has 0 spiro atoms. The van der Waals surface area contributed by atoms with Gasteiger partial charge < -0.3 is 15.8 Å². The standard InChI is InChI=1S/C13H26N2O3/c1-4-7-8-10(5-2)9-15-12(16)11(14)13(17)18-6-3/h10-11H,4-9,14H2,1-3H3,(H,15,16). The molecule has 5 nitrogen and oxygen atoms in total. The van der Waals surface area contributed by atoms with E-state index in [4.69, 9.17) is 10.5 Å². The zero-order valence-corrected chi connectivity index (χ0v) is 11.7. The van der Waals surface area contributed by atoms with Crippen LogP contribution in [0, 0.1) is 5.92 Å². The highest BCUT2D eigenvalue weighted by molar-refractivity contribution is 6.01. The van der Waals surface area contributed by atoms with Crippen molar-refractivity contribution < 1.29 is 14.3 Å². The highest BCUT2D eigenvalue weighted by atomic mass is 16.5. The molecule has 0 aliphatic heterocycles. The lowest BCUT2D eigenvalue weighted by atomic mass is 9.99. The first-order valence-electron chi connectivity index (χ1n) is 6.76. The van der Waals surface area contributed by atoms with E-state index in [1.807, 2.05) is 0 Å². The predicted molar refractivity (Wildman–Crippen MR) is 70.9 cm³/mol. The van der Waals surface area contributed by atoms with Crippen LogP contribution in [0.4, 0.5) is 0 Å². The molecule has 0 fully saturated rings. The highest BCUT2D eigenvalue weighted by Crippen LogP contribution is 2.11. The van der Waals surface area contributed by atoms with Crippen molar-refractivity contribution in [1.29, 1.82) is 0 Å². The van der Waals surface area contributed by atoms with Crippen molar-refractivity contribution in [3.63, 3.8) is 0 Å². The lowest BCUT2D eigenvalue weighted by Gasteiger charge is -2.17. The normalized spacial score (nSPS) is 13.8. The van der Waals surface area contributed by atoms with E-state index in [1.165, 1.54) is 0 Å². The van der Waals surface area contributed by atoms with Gasteiger partial charge >= 0.3 is 5.97 Å². The number of carbonyl (C=O) groups is 2. The van der Waals surface area contributed by atoms with E-state index in [0.29, 0.717) is 12.5 Å². The minimum absolute atomic E-state index is 0.230. The average Bonchev–Trinajstić information content (AvgIpc) is 2.38. The summed E-state index contributed by atoms with van der Waals surface area (Å²) >= 11 is 0. The summed E-state index contributed by atoms with van der Waals surface area (Å²) in [6.45, 7) is 6.72. The van der Waals surface area contributed by atoms with E-state index in [1.54, 1.807) is 6.92 Å². The summed E-state index contributed by atoms with van der Waals surface area (Å²) in [6, 6.07) is -1.21. The Morgan fingerprint density at radius 2 is 1.94 bits per heavy atom. The molecule has 106 valence electrons. The van der Waals surface area contributed by atoms with Gasteiger partial charge in [-0.3, -0.25) is 4.79 Å². The van der Waals surface area contributed by atoms with Crippen molar-refractivity contribution >= 4 is 11.9 Å². The number of ether oxygens (including phenoxy) is 1. The van der Waals surface area contributed by atoms with Crippen LogP contribution in [-0.2, 0) is 14.3 Å². The summed E-state index contributed by atoms with van der Waals surface area (Å²) in [4.78, 5) is 22.9. The zero-order chi connectivity index (χ0) is 14.0. The largest absolute Gasteiger partial charge is 0.464 e. The van der Waals surface area contributed by atoms with E-state index in [0.717, 1.165) is 25.7 Å². The van der Waals surface area contributed by atoms with Gasteiger partial charge in [-0.1, -0.05) is 33.1 Å². The van der Waals surface area contributed by atoms with Gasteiger partial charge in [-0.2, -0.15) is 0 Å². The number of unbranched alkanes of at least 4 members (excludes halogenated alkanes) is 1. The molecule has 2 unspecified atom stereocenters. The fourth-order valence-corrected chi connectivity index (χ4v) is 1.64. The molecule has 0 aliphatic rings. The first-order chi connectivity index (χ1) is 8.56. The van der Waals surface area contributed by atoms with Gasteiger partial charge in [0.1, 0.15) is 0 Å². The van der Waals surface area contributed by atoms with Gasteiger partial charge in [0.15, 0.2) is 6.04 Å². The number of nitrogens with two attached hydrogens (primary N) is 1. The number of hydrogen-bond donors (Lipinski definition) is 2. The van der Waals surface area contributed by atoms with Crippen LogP contribution < -0.4 is 11.1 Å². The predicted octanol–water partition coefficient (Wildman–Crippen LogP) is 1.21. The SMILES string of the molecule is CCCCC(CC)CNC(=O)C(N)C(=O)OCC. The molecule has 0 aromatic carbocycles. The Bertz CT molecular complexity index is 257. The van der Waals surface area contributed by atoms with Crippen LogP contribution in [-0.4, -0.2) is 31.1 Å². The van der Waals surface area contributed by atoms with E-state index in [2.05, 4.69) is 19.2 Å². The Morgan fingerprint density at radius 3 is 2.44 bits per heavy atom. The third kappa shape index (κ3) is 6.59. The maximum atomic E-state index is 11.6. The first-order valence-corrected chi connectivity index (χ1v) is 6.76. The van der Waals surface area contributed by atoms with Gasteiger partial charge in [-0.05, 0) is 19.3 Å². The molecule has 0 heterocycles. The second-order valence-electron chi connectivity index (χ2n) is 4.39. The molecule has 0 aliphatic carbocycles. The van der Waals surface area contributed by atoms with E-state index < -0.39 is 17.9 Å². The molecular formula is C13H26N2O3. The van der Waals surface area contributed by atoms with Crippen molar-refractivity contribution in [3.8, 4) is 0 Å². The van der Waals surface area contributed by atoms with Crippen molar-refractivity contribution in [1.82, 2.24) is 5.32 Å². The Balaban J connectivity index is 4.02. The lowest BCUT2D eigenvalue weighted by molar-refractivity contribution is -0.148. The van der Waals surface area contributed by atoms with Crippen LogP contribution in [0.25, 0.3) is 0 Å². The Hall–Kier alpha value is -1.10. The van der Waals surface area contributed by atoms with E-state index >= 15 is 0 Å². The van der Waals surface area contributed by atoms with Gasteiger partial charge in [0.25, 0.3) is 0 Å². The van der Waals surface area contributed by atoms with Crippen molar-refractivity contribution in [2.24, 2.45) is 11.7 Å². The fraction of sp³-hybridized carbons (Fsp3) is 0.846. The third-order valence-electron chi connectivity index (χ3n) is 2.93. The minimum atomic E-state index is -1.21. The molecule has 0 rings (SSSR count). The van der Waals surface area contributed by atoms with Gasteiger partial charge in [-0.15, -0.1) is 0 Å². The van der Waals surface area contributed by atoms with Crippen LogP contribution in [0.2, 0.25) is 0 Å². The monoisotopic (exact) mass is 258 g/mol. The number of esters is 1. The molecule has 0 saturated carbocycles. The molecule has 3 N–H and O–H groups in total.